The zero-order valence-electron chi connectivity index (χ0n) is 14.3. The van der Waals surface area contributed by atoms with E-state index in [2.05, 4.69) is 37.9 Å². The molecule has 0 amide bonds. The maximum absolute atomic E-state index is 3.82. The second-order valence-electron chi connectivity index (χ2n) is 7.70. The van der Waals surface area contributed by atoms with Crippen molar-refractivity contribution in [2.75, 3.05) is 19.6 Å². The molecule has 0 radical (unpaired) electrons. The highest BCUT2D eigenvalue weighted by Crippen LogP contribution is 2.40. The molecule has 2 heteroatoms. The Morgan fingerprint density at radius 1 is 1.00 bits per heavy atom. The van der Waals surface area contributed by atoms with Crippen molar-refractivity contribution < 1.29 is 0 Å². The van der Waals surface area contributed by atoms with E-state index in [1.807, 2.05) is 0 Å². The first-order chi connectivity index (χ1) is 9.56. The molecule has 2 saturated carbocycles. The molecule has 2 fully saturated rings. The summed E-state index contributed by atoms with van der Waals surface area (Å²) in [5.74, 6) is 0.948. The van der Waals surface area contributed by atoms with E-state index < -0.39 is 0 Å². The van der Waals surface area contributed by atoms with Gasteiger partial charge in [-0.2, -0.15) is 0 Å². The average Bonchev–Trinajstić information content (AvgIpc) is 3.29. The summed E-state index contributed by atoms with van der Waals surface area (Å²) in [6, 6.07) is 1.71. The summed E-state index contributed by atoms with van der Waals surface area (Å²) in [6.45, 7) is 13.2. The van der Waals surface area contributed by atoms with Gasteiger partial charge in [-0.25, -0.2) is 0 Å². The van der Waals surface area contributed by atoms with E-state index in [-0.39, 0.29) is 0 Å². The summed E-state index contributed by atoms with van der Waals surface area (Å²) in [5, 5.41) is 3.82. The van der Waals surface area contributed by atoms with Crippen LogP contribution in [0.2, 0.25) is 0 Å². The zero-order chi connectivity index (χ0) is 14.6. The van der Waals surface area contributed by atoms with Crippen molar-refractivity contribution in [1.82, 2.24) is 10.2 Å². The molecular formula is C18H36N2. The van der Waals surface area contributed by atoms with Crippen molar-refractivity contribution in [2.45, 2.75) is 84.7 Å². The van der Waals surface area contributed by atoms with Gasteiger partial charge in [-0.05, 0) is 56.4 Å². The first kappa shape index (κ1) is 16.3. The molecule has 0 atom stereocenters. The highest BCUT2D eigenvalue weighted by Gasteiger charge is 2.32. The van der Waals surface area contributed by atoms with Gasteiger partial charge >= 0.3 is 0 Å². The SMILES string of the molecule is CCN(CCNC1CCC(C(C)(C)CC)CC1)C1CC1. The minimum Gasteiger partial charge on any atom is -0.313 e. The molecule has 20 heavy (non-hydrogen) atoms. The van der Waals surface area contributed by atoms with E-state index in [0.29, 0.717) is 5.41 Å². The molecular weight excluding hydrogens is 244 g/mol. The molecule has 118 valence electrons. The van der Waals surface area contributed by atoms with E-state index in [9.17, 15) is 0 Å². The molecule has 2 nitrogen and oxygen atoms in total. The molecule has 0 aromatic carbocycles. The van der Waals surface area contributed by atoms with Crippen molar-refractivity contribution in [3.05, 3.63) is 0 Å². The van der Waals surface area contributed by atoms with Gasteiger partial charge in [0, 0.05) is 25.2 Å². The van der Waals surface area contributed by atoms with Gasteiger partial charge in [-0.1, -0.05) is 34.1 Å². The lowest BCUT2D eigenvalue weighted by Gasteiger charge is -2.39. The Morgan fingerprint density at radius 3 is 2.15 bits per heavy atom. The van der Waals surface area contributed by atoms with Crippen LogP contribution in [-0.4, -0.2) is 36.6 Å². The lowest BCUT2D eigenvalue weighted by Crippen LogP contribution is -2.41. The van der Waals surface area contributed by atoms with E-state index in [4.69, 9.17) is 0 Å². The van der Waals surface area contributed by atoms with Crippen LogP contribution in [0, 0.1) is 11.3 Å². The summed E-state index contributed by atoms with van der Waals surface area (Å²) in [4.78, 5) is 2.65. The second kappa shape index (κ2) is 7.26. The molecule has 0 aliphatic heterocycles. The van der Waals surface area contributed by atoms with Crippen molar-refractivity contribution in [3.8, 4) is 0 Å². The summed E-state index contributed by atoms with van der Waals surface area (Å²) < 4.78 is 0. The van der Waals surface area contributed by atoms with Crippen LogP contribution in [0.3, 0.4) is 0 Å². The number of hydrogen-bond donors (Lipinski definition) is 1. The fourth-order valence-electron chi connectivity index (χ4n) is 3.82. The molecule has 1 N–H and O–H groups in total. The fourth-order valence-corrected chi connectivity index (χ4v) is 3.82. The Kier molecular flexibility index (Phi) is 5.92. The summed E-state index contributed by atoms with van der Waals surface area (Å²) in [7, 11) is 0. The van der Waals surface area contributed by atoms with Crippen LogP contribution in [0.4, 0.5) is 0 Å². The molecule has 0 saturated heterocycles. The van der Waals surface area contributed by atoms with Crippen LogP contribution in [0.5, 0.6) is 0 Å². The first-order valence-corrected chi connectivity index (χ1v) is 9.04. The number of hydrogen-bond acceptors (Lipinski definition) is 2. The third-order valence-corrected chi connectivity index (χ3v) is 6.05. The number of nitrogens with zero attached hydrogens (tertiary/aromatic N) is 1. The number of rotatable bonds is 8. The molecule has 2 aliphatic rings. The minimum absolute atomic E-state index is 0.552. The van der Waals surface area contributed by atoms with E-state index in [0.717, 1.165) is 18.0 Å². The number of nitrogens with one attached hydrogen (secondary N) is 1. The zero-order valence-corrected chi connectivity index (χ0v) is 14.3. The number of likely N-dealkylation sites (N-methyl/N-ethyl adjacent to an activating group) is 1. The Morgan fingerprint density at radius 2 is 1.65 bits per heavy atom. The molecule has 0 unspecified atom stereocenters. The lowest BCUT2D eigenvalue weighted by atomic mass is 9.69. The molecule has 2 aliphatic carbocycles. The molecule has 0 aromatic heterocycles. The van der Waals surface area contributed by atoms with Gasteiger partial charge in [-0.3, -0.25) is 4.90 Å². The van der Waals surface area contributed by atoms with E-state index in [1.54, 1.807) is 0 Å². The largest absolute Gasteiger partial charge is 0.313 e. The van der Waals surface area contributed by atoms with Gasteiger partial charge in [0.1, 0.15) is 0 Å². The third kappa shape index (κ3) is 4.46. The third-order valence-electron chi connectivity index (χ3n) is 6.05. The summed E-state index contributed by atoms with van der Waals surface area (Å²) in [5.41, 5.74) is 0.552. The van der Waals surface area contributed by atoms with Crippen LogP contribution in [-0.2, 0) is 0 Å². The maximum atomic E-state index is 3.82. The molecule has 0 spiro atoms. The highest BCUT2D eigenvalue weighted by atomic mass is 15.2. The van der Waals surface area contributed by atoms with Crippen molar-refractivity contribution in [2.24, 2.45) is 11.3 Å². The molecule has 0 heterocycles. The van der Waals surface area contributed by atoms with Gasteiger partial charge in [0.25, 0.3) is 0 Å². The van der Waals surface area contributed by atoms with Crippen molar-refractivity contribution in [3.63, 3.8) is 0 Å². The van der Waals surface area contributed by atoms with Gasteiger partial charge < -0.3 is 5.32 Å². The maximum Gasteiger partial charge on any atom is 0.0110 e. The summed E-state index contributed by atoms with van der Waals surface area (Å²) >= 11 is 0. The Labute approximate surface area is 126 Å². The summed E-state index contributed by atoms with van der Waals surface area (Å²) in [6.07, 6.45) is 9.84. The van der Waals surface area contributed by atoms with Crippen LogP contribution < -0.4 is 5.32 Å². The smallest absolute Gasteiger partial charge is 0.0110 e. The normalized spacial score (nSPS) is 28.1. The van der Waals surface area contributed by atoms with Crippen LogP contribution in [0.15, 0.2) is 0 Å². The van der Waals surface area contributed by atoms with Gasteiger partial charge in [0.15, 0.2) is 0 Å². The van der Waals surface area contributed by atoms with E-state index >= 15 is 0 Å². The first-order valence-electron chi connectivity index (χ1n) is 9.04. The molecule has 2 rings (SSSR count). The fraction of sp³-hybridized carbons (Fsp3) is 1.00. The van der Waals surface area contributed by atoms with E-state index in [1.165, 1.54) is 64.6 Å². The van der Waals surface area contributed by atoms with Gasteiger partial charge in [-0.15, -0.1) is 0 Å². The van der Waals surface area contributed by atoms with Gasteiger partial charge in [0.2, 0.25) is 0 Å². The minimum atomic E-state index is 0.552. The predicted octanol–water partition coefficient (Wildman–Crippen LogP) is 4.06. The molecule has 0 aromatic rings. The van der Waals surface area contributed by atoms with Gasteiger partial charge in [0.05, 0.1) is 0 Å². The quantitative estimate of drug-likeness (QED) is 0.721. The van der Waals surface area contributed by atoms with Crippen LogP contribution in [0.25, 0.3) is 0 Å². The highest BCUT2D eigenvalue weighted by molar-refractivity contribution is 4.86. The standard InChI is InChI=1S/C18H36N2/c1-5-18(3,4)15-7-9-16(10-8-15)19-13-14-20(6-2)17-11-12-17/h15-17,19H,5-14H2,1-4H3. The predicted molar refractivity (Wildman–Crippen MR) is 88.1 cm³/mol. The van der Waals surface area contributed by atoms with Crippen molar-refractivity contribution >= 4 is 0 Å². The van der Waals surface area contributed by atoms with Crippen LogP contribution in [0.1, 0.15) is 72.6 Å². The Bertz CT molecular complexity index is 275. The lowest BCUT2D eigenvalue weighted by molar-refractivity contribution is 0.136. The van der Waals surface area contributed by atoms with Crippen molar-refractivity contribution in [1.29, 1.82) is 0 Å². The Balaban J connectivity index is 1.62. The Hall–Kier alpha value is -0.0800. The molecule has 0 bridgehead atoms. The second-order valence-corrected chi connectivity index (χ2v) is 7.70. The monoisotopic (exact) mass is 280 g/mol. The average molecular weight is 281 g/mol. The topological polar surface area (TPSA) is 15.3 Å². The van der Waals surface area contributed by atoms with Crippen LogP contribution >= 0.6 is 0 Å².